The molecule has 0 radical (unpaired) electrons. The molecule has 1 aromatic rings. The highest BCUT2D eigenvalue weighted by Crippen LogP contribution is 2.21. The number of sulfonamides is 1. The minimum atomic E-state index is -3.80. The third-order valence-corrected chi connectivity index (χ3v) is 5.26. The second kappa shape index (κ2) is 5.85. The van der Waals surface area contributed by atoms with E-state index >= 15 is 0 Å². The molecular weight excluding hydrogens is 294 g/mol. The summed E-state index contributed by atoms with van der Waals surface area (Å²) in [5.41, 5.74) is 0.250. The lowest BCUT2D eigenvalue weighted by atomic mass is 10.3. The Morgan fingerprint density at radius 2 is 2.29 bits per heavy atom. The van der Waals surface area contributed by atoms with E-state index in [2.05, 4.69) is 10.6 Å². The van der Waals surface area contributed by atoms with Gasteiger partial charge in [0.05, 0.1) is 6.07 Å². The highest BCUT2D eigenvalue weighted by molar-refractivity contribution is 7.89. The molecule has 114 valence electrons. The van der Waals surface area contributed by atoms with E-state index in [9.17, 15) is 13.2 Å². The molecule has 1 saturated heterocycles. The molecule has 0 aromatic carbocycles. The fourth-order valence-corrected chi connectivity index (χ4v) is 3.86. The summed E-state index contributed by atoms with van der Waals surface area (Å²) < 4.78 is 27.9. The van der Waals surface area contributed by atoms with Crippen molar-refractivity contribution >= 4 is 15.9 Å². The molecule has 2 rings (SSSR count). The number of hydrogen-bond donors (Lipinski definition) is 2. The molecule has 0 aliphatic carbocycles. The van der Waals surface area contributed by atoms with E-state index in [0.717, 1.165) is 0 Å². The molecule has 8 nitrogen and oxygen atoms in total. The summed E-state index contributed by atoms with van der Waals surface area (Å²) in [7, 11) is -0.719. The van der Waals surface area contributed by atoms with Crippen molar-refractivity contribution in [1.82, 2.24) is 19.5 Å². The Balaban J connectivity index is 2.40. The van der Waals surface area contributed by atoms with Crippen LogP contribution in [0.1, 0.15) is 10.5 Å². The predicted molar refractivity (Wildman–Crippen MR) is 75.0 cm³/mol. The van der Waals surface area contributed by atoms with Gasteiger partial charge in [-0.2, -0.15) is 9.57 Å². The van der Waals surface area contributed by atoms with Crippen molar-refractivity contribution in [2.75, 3.05) is 26.7 Å². The number of nitrogens with one attached hydrogen (secondary N) is 2. The van der Waals surface area contributed by atoms with E-state index in [1.165, 1.54) is 28.2 Å². The summed E-state index contributed by atoms with van der Waals surface area (Å²) >= 11 is 0. The van der Waals surface area contributed by atoms with Crippen LogP contribution in [-0.2, 0) is 17.1 Å². The van der Waals surface area contributed by atoms with Crippen LogP contribution in [0.3, 0.4) is 0 Å². The molecule has 1 aromatic heterocycles. The van der Waals surface area contributed by atoms with Crippen molar-refractivity contribution in [1.29, 1.82) is 5.26 Å². The van der Waals surface area contributed by atoms with E-state index in [1.54, 1.807) is 7.05 Å². The van der Waals surface area contributed by atoms with Gasteiger partial charge in [0.15, 0.2) is 0 Å². The minimum absolute atomic E-state index is 0.0192. The second-order valence-electron chi connectivity index (χ2n) is 4.72. The molecule has 1 amide bonds. The normalized spacial score (nSPS) is 20.0. The van der Waals surface area contributed by atoms with Gasteiger partial charge >= 0.3 is 0 Å². The lowest BCUT2D eigenvalue weighted by molar-refractivity contribution is 0.0955. The van der Waals surface area contributed by atoms with Crippen LogP contribution in [0, 0.1) is 11.3 Å². The number of hydrogen-bond acceptors (Lipinski definition) is 5. The Bertz CT molecular complexity index is 688. The Hall–Kier alpha value is -1.89. The summed E-state index contributed by atoms with van der Waals surface area (Å²) in [6.45, 7) is 1.02. The zero-order valence-corrected chi connectivity index (χ0v) is 12.6. The average Bonchev–Trinajstić information content (AvgIpc) is 2.89. The summed E-state index contributed by atoms with van der Waals surface area (Å²) in [5, 5.41) is 14.5. The Morgan fingerprint density at radius 3 is 2.90 bits per heavy atom. The van der Waals surface area contributed by atoms with E-state index in [4.69, 9.17) is 5.26 Å². The lowest BCUT2D eigenvalue weighted by Gasteiger charge is -2.30. The van der Waals surface area contributed by atoms with Crippen molar-refractivity contribution in [2.24, 2.45) is 7.05 Å². The lowest BCUT2D eigenvalue weighted by Crippen LogP contribution is -2.52. The SMILES string of the molecule is CNC(=O)c1cc(S(=O)(=O)N2CCNCC2C#N)cn1C. The highest BCUT2D eigenvalue weighted by atomic mass is 32.2. The predicted octanol–water partition coefficient (Wildman–Crippen LogP) is -1.13. The average molecular weight is 311 g/mol. The van der Waals surface area contributed by atoms with Crippen LogP contribution in [0.4, 0.5) is 0 Å². The van der Waals surface area contributed by atoms with Gasteiger partial charge in [0.2, 0.25) is 10.0 Å². The van der Waals surface area contributed by atoms with Gasteiger partial charge in [-0.15, -0.1) is 0 Å². The molecule has 1 fully saturated rings. The van der Waals surface area contributed by atoms with Gasteiger partial charge in [-0.25, -0.2) is 8.42 Å². The number of carbonyl (C=O) groups excluding carboxylic acids is 1. The molecule has 0 bridgehead atoms. The van der Waals surface area contributed by atoms with Crippen LogP contribution in [0.5, 0.6) is 0 Å². The molecule has 2 N–H and O–H groups in total. The van der Waals surface area contributed by atoms with E-state index in [0.29, 0.717) is 13.1 Å². The maximum atomic E-state index is 12.6. The van der Waals surface area contributed by atoms with Crippen molar-refractivity contribution in [3.8, 4) is 6.07 Å². The number of aromatic nitrogens is 1. The molecule has 1 aliphatic rings. The monoisotopic (exact) mass is 311 g/mol. The standard InChI is InChI=1S/C12H17N5O3S/c1-14-12(18)11-5-10(8-16(11)2)21(19,20)17-4-3-15-7-9(17)6-13/h5,8-9,15H,3-4,7H2,1-2H3,(H,14,18). The molecule has 0 spiro atoms. The molecule has 1 unspecified atom stereocenters. The van der Waals surface area contributed by atoms with Crippen LogP contribution >= 0.6 is 0 Å². The molecule has 2 heterocycles. The Kier molecular flexibility index (Phi) is 4.32. The number of carbonyl (C=O) groups is 1. The van der Waals surface area contributed by atoms with Crippen LogP contribution < -0.4 is 10.6 Å². The Labute approximate surface area is 123 Å². The number of piperazine rings is 1. The van der Waals surface area contributed by atoms with Crippen LogP contribution in [-0.4, -0.2) is 55.9 Å². The molecule has 1 atom stereocenters. The second-order valence-corrected chi connectivity index (χ2v) is 6.61. The number of amides is 1. The van der Waals surface area contributed by atoms with Crippen molar-refractivity contribution in [3.63, 3.8) is 0 Å². The quantitative estimate of drug-likeness (QED) is 0.734. The first-order valence-corrected chi connectivity index (χ1v) is 7.86. The highest BCUT2D eigenvalue weighted by Gasteiger charge is 2.34. The number of aryl methyl sites for hydroxylation is 1. The molecule has 1 aliphatic heterocycles. The molecule has 21 heavy (non-hydrogen) atoms. The third kappa shape index (κ3) is 2.78. The van der Waals surface area contributed by atoms with Crippen LogP contribution in [0.15, 0.2) is 17.2 Å². The fourth-order valence-electron chi connectivity index (χ4n) is 2.25. The number of rotatable bonds is 3. The van der Waals surface area contributed by atoms with Gasteiger partial charge in [-0.05, 0) is 6.07 Å². The van der Waals surface area contributed by atoms with E-state index < -0.39 is 16.1 Å². The number of nitriles is 1. The van der Waals surface area contributed by atoms with Crippen LogP contribution in [0.25, 0.3) is 0 Å². The van der Waals surface area contributed by atoms with Gasteiger partial charge in [-0.3, -0.25) is 4.79 Å². The zero-order valence-electron chi connectivity index (χ0n) is 11.8. The van der Waals surface area contributed by atoms with Gasteiger partial charge in [0, 0.05) is 39.9 Å². The summed E-state index contributed by atoms with van der Waals surface area (Å²) in [6.07, 6.45) is 1.39. The summed E-state index contributed by atoms with van der Waals surface area (Å²) in [6, 6.07) is 2.56. The van der Waals surface area contributed by atoms with Gasteiger partial charge < -0.3 is 15.2 Å². The van der Waals surface area contributed by atoms with Crippen molar-refractivity contribution < 1.29 is 13.2 Å². The smallest absolute Gasteiger partial charge is 0.267 e. The van der Waals surface area contributed by atoms with E-state index in [-0.39, 0.29) is 23.0 Å². The maximum absolute atomic E-state index is 12.6. The molecule has 0 saturated carbocycles. The van der Waals surface area contributed by atoms with Gasteiger partial charge in [0.1, 0.15) is 16.6 Å². The van der Waals surface area contributed by atoms with Gasteiger partial charge in [0.25, 0.3) is 5.91 Å². The van der Waals surface area contributed by atoms with Crippen molar-refractivity contribution in [3.05, 3.63) is 18.0 Å². The van der Waals surface area contributed by atoms with Crippen molar-refractivity contribution in [2.45, 2.75) is 10.9 Å². The number of nitrogens with zero attached hydrogens (tertiary/aromatic N) is 3. The zero-order chi connectivity index (χ0) is 15.6. The van der Waals surface area contributed by atoms with Crippen LogP contribution in [0.2, 0.25) is 0 Å². The maximum Gasteiger partial charge on any atom is 0.267 e. The molecular formula is C12H17N5O3S. The third-order valence-electron chi connectivity index (χ3n) is 3.39. The fraction of sp³-hybridized carbons (Fsp3) is 0.500. The summed E-state index contributed by atoms with van der Waals surface area (Å²) in [5.74, 6) is -0.365. The largest absolute Gasteiger partial charge is 0.354 e. The minimum Gasteiger partial charge on any atom is -0.354 e. The van der Waals surface area contributed by atoms with E-state index in [1.807, 2.05) is 6.07 Å². The van der Waals surface area contributed by atoms with Gasteiger partial charge in [-0.1, -0.05) is 0 Å². The topological polar surface area (TPSA) is 107 Å². The summed E-state index contributed by atoms with van der Waals surface area (Å²) in [4.78, 5) is 11.7. The first-order valence-electron chi connectivity index (χ1n) is 6.42. The first kappa shape index (κ1) is 15.5. The molecule has 9 heteroatoms. The first-order chi connectivity index (χ1) is 9.91. The Morgan fingerprint density at radius 1 is 1.57 bits per heavy atom.